The molecule has 2 saturated heterocycles. The highest BCUT2D eigenvalue weighted by molar-refractivity contribution is 14.0. The fourth-order valence-corrected chi connectivity index (χ4v) is 4.11. The molecule has 3 rings (SSSR count). The first-order chi connectivity index (χ1) is 13.6. The molecular weight excluding hydrogens is 477 g/mol. The van der Waals surface area contributed by atoms with Gasteiger partial charge in [-0.1, -0.05) is 18.2 Å². The van der Waals surface area contributed by atoms with Gasteiger partial charge in [-0.15, -0.1) is 24.0 Å². The topological polar surface area (TPSA) is 51.2 Å². The van der Waals surface area contributed by atoms with Gasteiger partial charge in [-0.3, -0.25) is 14.7 Å². The fraction of sp³-hybridized carbons (Fsp3) is 0.636. The van der Waals surface area contributed by atoms with Gasteiger partial charge in [-0.05, 0) is 57.2 Å². The van der Waals surface area contributed by atoms with Crippen LogP contribution in [-0.4, -0.2) is 79.4 Å². The van der Waals surface area contributed by atoms with E-state index in [0.29, 0.717) is 0 Å². The lowest BCUT2D eigenvalue weighted by molar-refractivity contribution is -0.133. The second kappa shape index (κ2) is 12.4. The minimum atomic E-state index is 0. The number of halogens is 1. The molecule has 29 heavy (non-hydrogen) atoms. The number of hydrogen-bond donors (Lipinski definition) is 1. The number of benzene rings is 1. The zero-order valence-corrected chi connectivity index (χ0v) is 20.2. The standard InChI is InChI=1S/C22H35N5O.HI/c1-25(2)21(28)20-13-9-17-26(20)18-10-14-23-22(27-15-7-4-8-16-27)24-19-11-5-3-6-12-19;/h3,5-6,11-12,20H,4,7-10,13-18H2,1-2H3,(H,23,24);1H. The van der Waals surface area contributed by atoms with Crippen LogP contribution in [-0.2, 0) is 4.79 Å². The molecule has 2 aliphatic rings. The Bertz CT molecular complexity index is 646. The maximum absolute atomic E-state index is 12.3. The molecule has 0 bridgehead atoms. The van der Waals surface area contributed by atoms with E-state index in [1.54, 1.807) is 4.90 Å². The van der Waals surface area contributed by atoms with Crippen LogP contribution >= 0.6 is 24.0 Å². The Labute approximate surface area is 192 Å². The van der Waals surface area contributed by atoms with Crippen LogP contribution in [0.25, 0.3) is 0 Å². The first kappa shape index (κ1) is 23.9. The number of aliphatic imine (C=N–C) groups is 1. The van der Waals surface area contributed by atoms with Gasteiger partial charge in [0.1, 0.15) is 0 Å². The van der Waals surface area contributed by atoms with Gasteiger partial charge in [0.05, 0.1) is 6.04 Å². The summed E-state index contributed by atoms with van der Waals surface area (Å²) in [5.74, 6) is 1.23. The highest BCUT2D eigenvalue weighted by Crippen LogP contribution is 2.19. The number of anilines is 1. The second-order valence-corrected chi connectivity index (χ2v) is 8.02. The molecule has 0 spiro atoms. The smallest absolute Gasteiger partial charge is 0.239 e. The van der Waals surface area contributed by atoms with E-state index in [9.17, 15) is 4.79 Å². The molecule has 0 saturated carbocycles. The summed E-state index contributed by atoms with van der Waals surface area (Å²) >= 11 is 0. The minimum Gasteiger partial charge on any atom is -0.347 e. The molecule has 1 amide bonds. The quantitative estimate of drug-likeness (QED) is 0.274. The number of amides is 1. The van der Waals surface area contributed by atoms with Gasteiger partial charge in [-0.2, -0.15) is 0 Å². The Hall–Kier alpha value is -1.35. The van der Waals surface area contributed by atoms with Gasteiger partial charge in [0, 0.05) is 46.0 Å². The Balaban J connectivity index is 0.00000300. The monoisotopic (exact) mass is 513 g/mol. The molecule has 6 nitrogen and oxygen atoms in total. The van der Waals surface area contributed by atoms with E-state index in [1.807, 2.05) is 32.3 Å². The molecule has 1 unspecified atom stereocenters. The molecule has 2 aliphatic heterocycles. The molecule has 0 aromatic heterocycles. The summed E-state index contributed by atoms with van der Waals surface area (Å²) in [5, 5.41) is 3.52. The van der Waals surface area contributed by atoms with E-state index in [2.05, 4.69) is 27.2 Å². The summed E-state index contributed by atoms with van der Waals surface area (Å²) in [7, 11) is 3.70. The average Bonchev–Trinajstić information content (AvgIpc) is 3.19. The van der Waals surface area contributed by atoms with Crippen molar-refractivity contribution >= 4 is 41.5 Å². The number of carbonyl (C=O) groups is 1. The van der Waals surface area contributed by atoms with Crippen molar-refractivity contribution in [2.45, 2.75) is 44.6 Å². The molecule has 2 fully saturated rings. The summed E-state index contributed by atoms with van der Waals surface area (Å²) in [6, 6.07) is 10.4. The van der Waals surface area contributed by atoms with E-state index in [0.717, 1.165) is 63.6 Å². The van der Waals surface area contributed by atoms with Crippen molar-refractivity contribution < 1.29 is 4.79 Å². The number of likely N-dealkylation sites (tertiary alicyclic amines) is 2. The van der Waals surface area contributed by atoms with Crippen LogP contribution in [0.4, 0.5) is 5.69 Å². The third-order valence-electron chi connectivity index (χ3n) is 5.64. The van der Waals surface area contributed by atoms with Gasteiger partial charge in [0.15, 0.2) is 5.96 Å². The van der Waals surface area contributed by atoms with Crippen LogP contribution in [0.3, 0.4) is 0 Å². The molecule has 1 N–H and O–H groups in total. The molecule has 0 radical (unpaired) electrons. The van der Waals surface area contributed by atoms with Crippen LogP contribution in [0.2, 0.25) is 0 Å². The average molecular weight is 513 g/mol. The first-order valence-corrected chi connectivity index (χ1v) is 10.7. The number of nitrogens with zero attached hydrogens (tertiary/aromatic N) is 4. The van der Waals surface area contributed by atoms with Crippen LogP contribution < -0.4 is 5.32 Å². The van der Waals surface area contributed by atoms with Crippen molar-refractivity contribution in [2.24, 2.45) is 4.99 Å². The highest BCUT2D eigenvalue weighted by atomic mass is 127. The Morgan fingerprint density at radius 3 is 2.52 bits per heavy atom. The van der Waals surface area contributed by atoms with Crippen molar-refractivity contribution in [3.05, 3.63) is 30.3 Å². The van der Waals surface area contributed by atoms with Gasteiger partial charge in [-0.25, -0.2) is 0 Å². The van der Waals surface area contributed by atoms with E-state index in [4.69, 9.17) is 4.99 Å². The predicted octanol–water partition coefficient (Wildman–Crippen LogP) is 3.50. The van der Waals surface area contributed by atoms with Gasteiger partial charge < -0.3 is 15.1 Å². The number of nitrogens with one attached hydrogen (secondary N) is 1. The summed E-state index contributed by atoms with van der Waals surface area (Å²) < 4.78 is 0. The van der Waals surface area contributed by atoms with Gasteiger partial charge in [0.25, 0.3) is 0 Å². The zero-order valence-electron chi connectivity index (χ0n) is 17.8. The van der Waals surface area contributed by atoms with E-state index < -0.39 is 0 Å². The number of para-hydroxylation sites is 1. The number of carbonyl (C=O) groups excluding carboxylic acids is 1. The van der Waals surface area contributed by atoms with Crippen LogP contribution in [0.5, 0.6) is 0 Å². The van der Waals surface area contributed by atoms with E-state index in [-0.39, 0.29) is 35.9 Å². The largest absolute Gasteiger partial charge is 0.347 e. The second-order valence-electron chi connectivity index (χ2n) is 8.02. The molecule has 7 heteroatoms. The molecule has 162 valence electrons. The Kier molecular flexibility index (Phi) is 10.2. The fourth-order valence-electron chi connectivity index (χ4n) is 4.11. The predicted molar refractivity (Wildman–Crippen MR) is 131 cm³/mol. The Morgan fingerprint density at radius 2 is 1.83 bits per heavy atom. The van der Waals surface area contributed by atoms with Gasteiger partial charge >= 0.3 is 0 Å². The van der Waals surface area contributed by atoms with Crippen molar-refractivity contribution in [1.82, 2.24) is 14.7 Å². The van der Waals surface area contributed by atoms with Crippen molar-refractivity contribution in [3.8, 4) is 0 Å². The van der Waals surface area contributed by atoms with E-state index in [1.165, 1.54) is 19.3 Å². The molecule has 1 aromatic carbocycles. The van der Waals surface area contributed by atoms with Crippen LogP contribution in [0.15, 0.2) is 35.3 Å². The van der Waals surface area contributed by atoms with E-state index >= 15 is 0 Å². The molecular formula is C22H36IN5O. The van der Waals surface area contributed by atoms with Crippen LogP contribution in [0, 0.1) is 0 Å². The SMILES string of the molecule is CN(C)C(=O)C1CCCN1CCCN=C(Nc1ccccc1)N1CCCCC1.I. The maximum atomic E-state index is 12.3. The summed E-state index contributed by atoms with van der Waals surface area (Å²) in [6.45, 7) is 4.89. The zero-order chi connectivity index (χ0) is 19.8. The number of rotatable bonds is 6. The first-order valence-electron chi connectivity index (χ1n) is 10.7. The molecule has 0 aliphatic carbocycles. The third kappa shape index (κ3) is 7.13. The minimum absolute atomic E-state index is 0. The third-order valence-corrected chi connectivity index (χ3v) is 5.64. The van der Waals surface area contributed by atoms with Crippen molar-refractivity contribution in [2.75, 3.05) is 52.1 Å². The normalized spacial score (nSPS) is 20.3. The number of piperidine rings is 1. The van der Waals surface area contributed by atoms with Gasteiger partial charge in [0.2, 0.25) is 5.91 Å². The summed E-state index contributed by atoms with van der Waals surface area (Å²) in [5.41, 5.74) is 1.09. The molecule has 1 atom stereocenters. The van der Waals surface area contributed by atoms with Crippen molar-refractivity contribution in [1.29, 1.82) is 0 Å². The lowest BCUT2D eigenvalue weighted by Gasteiger charge is -2.30. The van der Waals surface area contributed by atoms with Crippen LogP contribution in [0.1, 0.15) is 38.5 Å². The lowest BCUT2D eigenvalue weighted by atomic mass is 10.1. The molecule has 2 heterocycles. The van der Waals surface area contributed by atoms with Crippen molar-refractivity contribution in [3.63, 3.8) is 0 Å². The summed E-state index contributed by atoms with van der Waals surface area (Å²) in [6.07, 6.45) is 6.85. The Morgan fingerprint density at radius 1 is 1.10 bits per heavy atom. The number of guanidine groups is 1. The highest BCUT2D eigenvalue weighted by Gasteiger charge is 2.31. The maximum Gasteiger partial charge on any atom is 0.239 e. The summed E-state index contributed by atoms with van der Waals surface area (Å²) in [4.78, 5) is 23.7. The number of hydrogen-bond acceptors (Lipinski definition) is 3. The molecule has 1 aromatic rings. The number of likely N-dealkylation sites (N-methyl/N-ethyl adjacent to an activating group) is 1. The lowest BCUT2D eigenvalue weighted by Crippen LogP contribution is -2.43.